The van der Waals surface area contributed by atoms with E-state index >= 15 is 0 Å². The van der Waals surface area contributed by atoms with Crippen molar-refractivity contribution in [2.45, 2.75) is 70.5 Å². The van der Waals surface area contributed by atoms with E-state index in [0.717, 1.165) is 19.3 Å². The van der Waals surface area contributed by atoms with Crippen LogP contribution in [0.4, 0.5) is 0 Å². The molecule has 152 valence electrons. The average Bonchev–Trinajstić information content (AvgIpc) is 2.41. The smallest absolute Gasteiger partial charge is 0.270 e. The summed E-state index contributed by atoms with van der Waals surface area (Å²) in [5.74, 6) is 0. The first-order valence-corrected chi connectivity index (χ1v) is 11.7. The van der Waals surface area contributed by atoms with Crippen LogP contribution in [-0.4, -0.2) is 46.9 Å². The Kier molecular flexibility index (Phi) is 11.9. The van der Waals surface area contributed by atoms with Gasteiger partial charge in [0.15, 0.2) is 0 Å². The Balaban J connectivity index is 3.51. The third-order valence-electron chi connectivity index (χ3n) is 4.06. The van der Waals surface area contributed by atoms with Crippen LogP contribution in [-0.2, 0) is 18.6 Å². The van der Waals surface area contributed by atoms with Gasteiger partial charge in [-0.15, -0.1) is 0 Å². The molecule has 2 unspecified atom stereocenters. The van der Waals surface area contributed by atoms with E-state index in [9.17, 15) is 14.0 Å². The van der Waals surface area contributed by atoms with Crippen LogP contribution < -0.4 is 10.6 Å². The second-order valence-electron chi connectivity index (χ2n) is 7.53. The zero-order valence-corrected chi connectivity index (χ0v) is 17.8. The largest absolute Gasteiger partial charge is 0.381 e. The van der Waals surface area contributed by atoms with Gasteiger partial charge in [-0.1, -0.05) is 0 Å². The van der Waals surface area contributed by atoms with Gasteiger partial charge in [0.25, 0.3) is 15.7 Å². The molecule has 0 aliphatic carbocycles. The molecule has 0 rings (SSSR count). The predicted molar refractivity (Wildman–Crippen MR) is 101 cm³/mol. The highest BCUT2D eigenvalue weighted by atomic mass is 31.2. The summed E-state index contributed by atoms with van der Waals surface area (Å²) in [7, 11) is -6.24. The number of rotatable bonds is 15. The lowest BCUT2D eigenvalue weighted by molar-refractivity contribution is 0.0774. The molecule has 5 N–H and O–H groups in total. The quantitative estimate of drug-likeness (QED) is 0.243. The summed E-state index contributed by atoms with van der Waals surface area (Å²) in [6.07, 6.45) is 3.58. The standard InChI is InChI=1S/C15H36N2O6P2/c1-14(2,17-24(18)19)8-5-10-22-12-7-13-23-11-6-9-15(3,4)25(16,20)21/h24H,5-13H2,1-4H3,(H3,16,20,21)(H2,17,18,19). The lowest BCUT2D eigenvalue weighted by atomic mass is 10.0. The van der Waals surface area contributed by atoms with E-state index in [4.69, 9.17) is 19.9 Å². The fourth-order valence-electron chi connectivity index (χ4n) is 2.20. The first-order chi connectivity index (χ1) is 11.4. The molecule has 2 atom stereocenters. The lowest BCUT2D eigenvalue weighted by Crippen LogP contribution is -2.34. The van der Waals surface area contributed by atoms with E-state index in [1.165, 1.54) is 0 Å². The van der Waals surface area contributed by atoms with E-state index in [-0.39, 0.29) is 5.54 Å². The van der Waals surface area contributed by atoms with E-state index in [2.05, 4.69) is 5.09 Å². The van der Waals surface area contributed by atoms with Gasteiger partial charge < -0.3 is 19.3 Å². The van der Waals surface area contributed by atoms with Crippen LogP contribution in [0.25, 0.3) is 0 Å². The van der Waals surface area contributed by atoms with Crippen molar-refractivity contribution in [2.75, 3.05) is 26.4 Å². The molecule has 0 spiro atoms. The molecule has 25 heavy (non-hydrogen) atoms. The summed E-state index contributed by atoms with van der Waals surface area (Å²) >= 11 is 0. The third kappa shape index (κ3) is 13.1. The normalized spacial score (nSPS) is 16.6. The number of nitrogens with two attached hydrogens (primary N) is 1. The minimum atomic E-state index is -3.58. The van der Waals surface area contributed by atoms with E-state index in [1.54, 1.807) is 13.8 Å². The molecule has 10 heteroatoms. The van der Waals surface area contributed by atoms with Crippen molar-refractivity contribution in [1.82, 2.24) is 5.09 Å². The van der Waals surface area contributed by atoms with E-state index in [1.807, 2.05) is 13.8 Å². The van der Waals surface area contributed by atoms with Crippen LogP contribution in [0.3, 0.4) is 0 Å². The van der Waals surface area contributed by atoms with Gasteiger partial charge in [0.05, 0.1) is 5.16 Å². The van der Waals surface area contributed by atoms with Gasteiger partial charge in [0.1, 0.15) is 0 Å². The van der Waals surface area contributed by atoms with Gasteiger partial charge in [-0.05, 0) is 59.8 Å². The first kappa shape index (κ1) is 25.2. The Bertz CT molecular complexity index is 440. The van der Waals surface area contributed by atoms with Crippen LogP contribution >= 0.6 is 15.7 Å². The highest BCUT2D eigenvalue weighted by Crippen LogP contribution is 2.49. The molecule has 0 fully saturated rings. The molecular formula is C15H36N2O6P2. The number of hydrogen-bond acceptors (Lipinski definition) is 4. The van der Waals surface area contributed by atoms with Crippen molar-refractivity contribution in [1.29, 1.82) is 0 Å². The third-order valence-corrected chi connectivity index (χ3v) is 6.91. The van der Waals surface area contributed by atoms with Gasteiger partial charge >= 0.3 is 0 Å². The fourth-order valence-corrected chi connectivity index (χ4v) is 3.38. The topological polar surface area (TPSA) is 131 Å². The van der Waals surface area contributed by atoms with Crippen LogP contribution in [0.15, 0.2) is 0 Å². The molecule has 0 radical (unpaired) electrons. The van der Waals surface area contributed by atoms with Gasteiger partial charge in [-0.2, -0.15) is 0 Å². The van der Waals surface area contributed by atoms with Crippen LogP contribution in [0.5, 0.6) is 0 Å². The molecule has 0 aliphatic rings. The zero-order chi connectivity index (χ0) is 19.6. The Morgan fingerprint density at radius 2 is 1.44 bits per heavy atom. The fraction of sp³-hybridized carbons (Fsp3) is 1.00. The maximum Gasteiger partial charge on any atom is 0.270 e. The maximum atomic E-state index is 11.5. The Hall–Kier alpha value is 0.220. The van der Waals surface area contributed by atoms with Crippen molar-refractivity contribution in [3.8, 4) is 0 Å². The van der Waals surface area contributed by atoms with Gasteiger partial charge in [-0.25, -0.2) is 5.09 Å². The van der Waals surface area contributed by atoms with E-state index in [0.29, 0.717) is 39.3 Å². The molecule has 0 saturated heterocycles. The summed E-state index contributed by atoms with van der Waals surface area (Å²) in [6.45, 7) is 9.49. The SMILES string of the molecule is CC(C)(CCCOCCCOCCCC(C)(C)P(N)(=O)O)N[PH](=O)O. The first-order valence-electron chi connectivity index (χ1n) is 8.65. The Labute approximate surface area is 152 Å². The second-order valence-corrected chi connectivity index (χ2v) is 10.9. The molecule has 0 aliphatic heterocycles. The molecule has 0 heterocycles. The highest BCUT2D eigenvalue weighted by molar-refractivity contribution is 7.57. The van der Waals surface area contributed by atoms with Crippen molar-refractivity contribution in [3.05, 3.63) is 0 Å². The van der Waals surface area contributed by atoms with Crippen LogP contribution in [0, 0.1) is 0 Å². The molecule has 0 bridgehead atoms. The molecule has 0 amide bonds. The monoisotopic (exact) mass is 402 g/mol. The molecule has 0 saturated carbocycles. The van der Waals surface area contributed by atoms with Gasteiger partial charge in [-0.3, -0.25) is 14.6 Å². The Morgan fingerprint density at radius 3 is 1.88 bits per heavy atom. The van der Waals surface area contributed by atoms with Gasteiger partial charge in [0, 0.05) is 32.0 Å². The highest BCUT2D eigenvalue weighted by Gasteiger charge is 2.34. The number of nitrogens with one attached hydrogen (secondary N) is 1. The molecule has 0 aromatic carbocycles. The van der Waals surface area contributed by atoms with Gasteiger partial charge in [0.2, 0.25) is 0 Å². The summed E-state index contributed by atoms with van der Waals surface area (Å²) in [6, 6.07) is 0. The zero-order valence-electron chi connectivity index (χ0n) is 15.9. The molecule has 0 aromatic heterocycles. The second kappa shape index (κ2) is 11.8. The van der Waals surface area contributed by atoms with Crippen LogP contribution in [0.1, 0.15) is 59.8 Å². The minimum Gasteiger partial charge on any atom is -0.381 e. The van der Waals surface area contributed by atoms with Crippen molar-refractivity contribution >= 4 is 15.7 Å². The number of ether oxygens (including phenoxy) is 2. The molecular weight excluding hydrogens is 366 g/mol. The molecule has 8 nitrogen and oxygen atoms in total. The molecule has 0 aromatic rings. The van der Waals surface area contributed by atoms with Crippen molar-refractivity contribution in [2.24, 2.45) is 5.50 Å². The van der Waals surface area contributed by atoms with E-state index < -0.39 is 20.9 Å². The number of hydrogen-bond donors (Lipinski definition) is 4. The maximum absolute atomic E-state index is 11.5. The Morgan fingerprint density at radius 1 is 1.00 bits per heavy atom. The van der Waals surface area contributed by atoms with Crippen molar-refractivity contribution < 1.29 is 28.4 Å². The van der Waals surface area contributed by atoms with Crippen LogP contribution in [0.2, 0.25) is 0 Å². The summed E-state index contributed by atoms with van der Waals surface area (Å²) in [5.41, 5.74) is 4.94. The summed E-state index contributed by atoms with van der Waals surface area (Å²) < 4.78 is 33.3. The predicted octanol–water partition coefficient (Wildman–Crippen LogP) is 2.64. The van der Waals surface area contributed by atoms with Crippen molar-refractivity contribution in [3.63, 3.8) is 0 Å². The summed E-state index contributed by atoms with van der Waals surface area (Å²) in [5, 5.41) is 1.87. The lowest BCUT2D eigenvalue weighted by Gasteiger charge is -2.26. The minimum absolute atomic E-state index is 0.368. The average molecular weight is 402 g/mol. The summed E-state index contributed by atoms with van der Waals surface area (Å²) in [4.78, 5) is 18.3.